The average molecular weight is 404 g/mol. The van der Waals surface area contributed by atoms with E-state index in [0.29, 0.717) is 30.4 Å². The first kappa shape index (κ1) is 20.0. The molecule has 2 aromatic rings. The minimum atomic E-state index is -3.61. The minimum Gasteiger partial charge on any atom is -0.486 e. The summed E-state index contributed by atoms with van der Waals surface area (Å²) >= 11 is 0. The summed E-state index contributed by atoms with van der Waals surface area (Å²) in [6.07, 6.45) is 1.09. The van der Waals surface area contributed by atoms with Crippen molar-refractivity contribution >= 4 is 21.6 Å². The van der Waals surface area contributed by atoms with Crippen molar-refractivity contribution in [2.24, 2.45) is 0 Å². The van der Waals surface area contributed by atoms with Crippen LogP contribution in [0.25, 0.3) is 0 Å². The molecule has 150 valence electrons. The van der Waals surface area contributed by atoms with E-state index in [-0.39, 0.29) is 12.6 Å². The summed E-state index contributed by atoms with van der Waals surface area (Å²) in [5, 5.41) is 2.85. The van der Waals surface area contributed by atoms with Crippen LogP contribution in [0.15, 0.2) is 42.5 Å². The molecule has 0 aliphatic carbocycles. The second kappa shape index (κ2) is 8.10. The SMILES string of the molecule is Cc1cccc(N(CC(=O)NC(C)c2ccc3c(c2)OCCO3)S(C)(=O)=O)c1. The number of anilines is 1. The zero-order valence-electron chi connectivity index (χ0n) is 16.1. The number of sulfonamides is 1. The van der Waals surface area contributed by atoms with Crippen molar-refractivity contribution in [2.75, 3.05) is 30.3 Å². The quantitative estimate of drug-likeness (QED) is 0.799. The van der Waals surface area contributed by atoms with Crippen molar-refractivity contribution in [3.8, 4) is 11.5 Å². The van der Waals surface area contributed by atoms with E-state index in [9.17, 15) is 13.2 Å². The van der Waals surface area contributed by atoms with Crippen LogP contribution in [0.5, 0.6) is 11.5 Å². The highest BCUT2D eigenvalue weighted by Gasteiger charge is 2.22. The van der Waals surface area contributed by atoms with Gasteiger partial charge >= 0.3 is 0 Å². The lowest BCUT2D eigenvalue weighted by atomic mass is 10.1. The summed E-state index contributed by atoms with van der Waals surface area (Å²) in [5.41, 5.74) is 2.22. The van der Waals surface area contributed by atoms with Crippen molar-refractivity contribution in [3.63, 3.8) is 0 Å². The Balaban J connectivity index is 1.72. The van der Waals surface area contributed by atoms with Gasteiger partial charge in [0.05, 0.1) is 18.0 Å². The molecule has 0 bridgehead atoms. The van der Waals surface area contributed by atoms with Crippen LogP contribution >= 0.6 is 0 Å². The number of amides is 1. The van der Waals surface area contributed by atoms with Crippen molar-refractivity contribution < 1.29 is 22.7 Å². The van der Waals surface area contributed by atoms with Crippen LogP contribution in [0.1, 0.15) is 24.1 Å². The van der Waals surface area contributed by atoms with Crippen LogP contribution in [0, 0.1) is 6.92 Å². The first-order valence-electron chi connectivity index (χ1n) is 8.97. The second-order valence-electron chi connectivity index (χ2n) is 6.80. The number of hydrogen-bond donors (Lipinski definition) is 1. The normalized spacial score (nSPS) is 14.2. The molecule has 28 heavy (non-hydrogen) atoms. The van der Waals surface area contributed by atoms with Crippen LogP contribution in [0.2, 0.25) is 0 Å². The fourth-order valence-corrected chi connectivity index (χ4v) is 3.86. The Kier molecular flexibility index (Phi) is 5.79. The van der Waals surface area contributed by atoms with Gasteiger partial charge in [0.2, 0.25) is 15.9 Å². The third kappa shape index (κ3) is 4.75. The first-order chi connectivity index (χ1) is 13.2. The lowest BCUT2D eigenvalue weighted by molar-refractivity contribution is -0.120. The number of hydrogen-bond acceptors (Lipinski definition) is 5. The number of rotatable bonds is 6. The van der Waals surface area contributed by atoms with Gasteiger partial charge in [-0.3, -0.25) is 9.10 Å². The Morgan fingerprint density at radius 3 is 2.54 bits per heavy atom. The zero-order valence-corrected chi connectivity index (χ0v) is 17.0. The van der Waals surface area contributed by atoms with Crippen LogP contribution in [-0.4, -0.2) is 40.3 Å². The second-order valence-corrected chi connectivity index (χ2v) is 8.71. The molecule has 0 radical (unpaired) electrons. The minimum absolute atomic E-state index is 0.294. The van der Waals surface area contributed by atoms with E-state index in [4.69, 9.17) is 9.47 Å². The van der Waals surface area contributed by atoms with Crippen LogP contribution in [-0.2, 0) is 14.8 Å². The summed E-state index contributed by atoms with van der Waals surface area (Å²) < 4.78 is 36.6. The Morgan fingerprint density at radius 2 is 1.86 bits per heavy atom. The zero-order chi connectivity index (χ0) is 20.3. The van der Waals surface area contributed by atoms with Gasteiger partial charge in [-0.05, 0) is 49.2 Å². The molecule has 7 nitrogen and oxygen atoms in total. The van der Waals surface area contributed by atoms with E-state index in [1.807, 2.05) is 38.1 Å². The van der Waals surface area contributed by atoms with Crippen molar-refractivity contribution in [1.29, 1.82) is 0 Å². The molecular weight excluding hydrogens is 380 g/mol. The number of nitrogens with zero attached hydrogens (tertiary/aromatic N) is 1. The number of benzene rings is 2. The average Bonchev–Trinajstić information content (AvgIpc) is 2.64. The number of aryl methyl sites for hydroxylation is 1. The van der Waals surface area contributed by atoms with Crippen molar-refractivity contribution in [2.45, 2.75) is 19.9 Å². The molecule has 0 spiro atoms. The molecule has 1 aliphatic rings. The third-order valence-electron chi connectivity index (χ3n) is 4.42. The van der Waals surface area contributed by atoms with Gasteiger partial charge in [0.1, 0.15) is 19.8 Å². The molecular formula is C20H24N2O5S. The molecule has 0 saturated carbocycles. The number of nitrogens with one attached hydrogen (secondary N) is 1. The number of ether oxygens (including phenoxy) is 2. The molecule has 2 aromatic carbocycles. The molecule has 3 rings (SSSR count). The molecule has 1 aliphatic heterocycles. The van der Waals surface area contributed by atoms with Gasteiger partial charge in [0, 0.05) is 0 Å². The third-order valence-corrected chi connectivity index (χ3v) is 5.56. The fourth-order valence-electron chi connectivity index (χ4n) is 3.01. The van der Waals surface area contributed by atoms with Gasteiger partial charge in [-0.1, -0.05) is 18.2 Å². The largest absolute Gasteiger partial charge is 0.486 e. The van der Waals surface area contributed by atoms with Gasteiger partial charge < -0.3 is 14.8 Å². The van der Waals surface area contributed by atoms with Gasteiger partial charge in [-0.2, -0.15) is 0 Å². The molecule has 1 heterocycles. The fraction of sp³-hybridized carbons (Fsp3) is 0.350. The monoisotopic (exact) mass is 404 g/mol. The highest BCUT2D eigenvalue weighted by atomic mass is 32.2. The van der Waals surface area contributed by atoms with Gasteiger partial charge in [0.25, 0.3) is 0 Å². The molecule has 1 N–H and O–H groups in total. The van der Waals surface area contributed by atoms with Gasteiger partial charge in [-0.15, -0.1) is 0 Å². The van der Waals surface area contributed by atoms with Crippen molar-refractivity contribution in [3.05, 3.63) is 53.6 Å². The predicted molar refractivity (Wildman–Crippen MR) is 107 cm³/mol. The number of fused-ring (bicyclic) bond motifs is 1. The molecule has 1 unspecified atom stereocenters. The Bertz CT molecular complexity index is 974. The maximum atomic E-state index is 12.6. The lowest BCUT2D eigenvalue weighted by Crippen LogP contribution is -2.41. The van der Waals surface area contributed by atoms with E-state index in [1.165, 1.54) is 0 Å². The lowest BCUT2D eigenvalue weighted by Gasteiger charge is -2.24. The molecule has 1 amide bonds. The summed E-state index contributed by atoms with van der Waals surface area (Å²) in [5.74, 6) is 0.924. The Labute approximate surface area is 165 Å². The summed E-state index contributed by atoms with van der Waals surface area (Å²) in [6, 6.07) is 12.2. The van der Waals surface area contributed by atoms with Gasteiger partial charge in [0.15, 0.2) is 11.5 Å². The number of carbonyl (C=O) groups excluding carboxylic acids is 1. The Morgan fingerprint density at radius 1 is 1.14 bits per heavy atom. The maximum absolute atomic E-state index is 12.6. The first-order valence-corrected chi connectivity index (χ1v) is 10.8. The topological polar surface area (TPSA) is 84.9 Å². The predicted octanol–water partition coefficient (Wildman–Crippen LogP) is 2.41. The smallest absolute Gasteiger partial charge is 0.241 e. The highest BCUT2D eigenvalue weighted by Crippen LogP contribution is 2.32. The Hall–Kier alpha value is -2.74. The molecule has 1 atom stereocenters. The summed E-state index contributed by atoms with van der Waals surface area (Å²) in [6.45, 7) is 4.40. The van der Waals surface area contributed by atoms with Crippen LogP contribution in [0.3, 0.4) is 0 Å². The maximum Gasteiger partial charge on any atom is 0.241 e. The van der Waals surface area contributed by atoms with Crippen molar-refractivity contribution in [1.82, 2.24) is 5.32 Å². The van der Waals surface area contributed by atoms with E-state index >= 15 is 0 Å². The van der Waals surface area contributed by atoms with Crippen LogP contribution in [0.4, 0.5) is 5.69 Å². The standard InChI is InChI=1S/C20H24N2O5S/c1-14-5-4-6-17(11-14)22(28(3,24)25)13-20(23)21-15(2)16-7-8-18-19(12-16)27-10-9-26-18/h4-8,11-12,15H,9-10,13H2,1-3H3,(H,21,23). The number of carbonyl (C=O) groups is 1. The molecule has 0 fully saturated rings. The molecule has 0 aromatic heterocycles. The summed E-state index contributed by atoms with van der Waals surface area (Å²) in [7, 11) is -3.61. The van der Waals surface area contributed by atoms with Gasteiger partial charge in [-0.25, -0.2) is 8.42 Å². The summed E-state index contributed by atoms with van der Waals surface area (Å²) in [4.78, 5) is 12.6. The highest BCUT2D eigenvalue weighted by molar-refractivity contribution is 7.92. The van der Waals surface area contributed by atoms with Crippen LogP contribution < -0.4 is 19.1 Å². The van der Waals surface area contributed by atoms with E-state index in [2.05, 4.69) is 5.32 Å². The molecule has 0 saturated heterocycles. The van der Waals surface area contributed by atoms with E-state index in [1.54, 1.807) is 18.2 Å². The molecule has 8 heteroatoms. The van der Waals surface area contributed by atoms with E-state index < -0.39 is 15.9 Å². The van der Waals surface area contributed by atoms with E-state index in [0.717, 1.165) is 21.7 Å².